The zero-order valence-electron chi connectivity index (χ0n) is 22.2. The molecule has 0 saturated heterocycles. The molecule has 2 N–H and O–H groups in total. The summed E-state index contributed by atoms with van der Waals surface area (Å²) < 4.78 is 0. The summed E-state index contributed by atoms with van der Waals surface area (Å²) >= 11 is 0. The van der Waals surface area contributed by atoms with Crippen LogP contribution in [0.3, 0.4) is 0 Å². The van der Waals surface area contributed by atoms with E-state index in [4.69, 9.17) is 5.11 Å². The lowest BCUT2D eigenvalue weighted by Gasteiger charge is -2.54. The molecule has 196 valence electrons. The molecule has 2 fully saturated rings. The first-order valence-electron chi connectivity index (χ1n) is 14.0. The summed E-state index contributed by atoms with van der Waals surface area (Å²) in [5.41, 5.74) is 7.09. The number of fused-ring (bicyclic) bond motifs is 4. The number of ketones is 1. The number of hydrogen-bond donors (Lipinski definition) is 2. The maximum Gasteiger partial charge on any atom is 0.335 e. The number of carboxylic acid groups (broad SMARTS) is 1. The summed E-state index contributed by atoms with van der Waals surface area (Å²) in [6, 6.07) is 15.7. The third kappa shape index (κ3) is 4.10. The van der Waals surface area contributed by atoms with Gasteiger partial charge in [0.2, 0.25) is 0 Å². The Labute approximate surface area is 224 Å². The molecule has 4 aliphatic rings. The van der Waals surface area contributed by atoms with Crippen LogP contribution in [0.15, 0.2) is 71.3 Å². The van der Waals surface area contributed by atoms with E-state index in [1.165, 1.54) is 16.7 Å². The van der Waals surface area contributed by atoms with Gasteiger partial charge < -0.3 is 10.2 Å². The summed E-state index contributed by atoms with van der Waals surface area (Å²) in [4.78, 5) is 23.3. The minimum Gasteiger partial charge on any atom is -0.478 e. The van der Waals surface area contributed by atoms with Crippen LogP contribution in [-0.4, -0.2) is 27.6 Å². The highest BCUT2D eigenvalue weighted by molar-refractivity contribution is 5.93. The number of aromatic carboxylic acids is 1. The Bertz CT molecular complexity index is 1370. The standard InChI is InChI=1S/C34H36O4/c1-33-20-29(23-9-5-21(6-10-23)3-4-22-7-11-24(12-8-22)32(36)37)31-27-16-14-26(35)19-25(27)13-15-28(31)30(33)17-18-34(33,2)38/h3-12,19,28-30,38H,13-18,20H2,1-2H3,(H,36,37)/b4-3+/t28?,29-,30?,33?,34+/m1/s1. The zero-order valence-corrected chi connectivity index (χ0v) is 22.2. The zero-order chi connectivity index (χ0) is 26.7. The molecule has 2 saturated carbocycles. The number of rotatable bonds is 4. The Hall–Kier alpha value is -3.24. The second kappa shape index (κ2) is 9.20. The second-order valence-electron chi connectivity index (χ2n) is 12.2. The van der Waals surface area contributed by atoms with Gasteiger partial charge in [-0.3, -0.25) is 4.79 Å². The van der Waals surface area contributed by atoms with E-state index in [0.29, 0.717) is 18.3 Å². The molecular formula is C34H36O4. The van der Waals surface area contributed by atoms with Crippen LogP contribution in [0.1, 0.15) is 91.8 Å². The third-order valence-corrected chi connectivity index (χ3v) is 10.3. The van der Waals surface area contributed by atoms with Crippen LogP contribution in [0, 0.1) is 17.3 Å². The highest BCUT2D eigenvalue weighted by Gasteiger charge is 2.60. The van der Waals surface area contributed by atoms with Crippen molar-refractivity contribution >= 4 is 23.9 Å². The molecule has 0 heterocycles. The summed E-state index contributed by atoms with van der Waals surface area (Å²) in [5.74, 6) is 0.556. The van der Waals surface area contributed by atoms with E-state index in [9.17, 15) is 14.7 Å². The predicted molar refractivity (Wildman–Crippen MR) is 150 cm³/mol. The SMILES string of the molecule is CC12C[C@H](c3ccc(/C=C/c4ccc(C(=O)O)cc4)cc3)C3=C4CCC(=O)C=C4CCC3C1CC[C@]2(C)O. The first-order valence-corrected chi connectivity index (χ1v) is 14.0. The molecule has 0 aromatic heterocycles. The molecule has 4 nitrogen and oxygen atoms in total. The molecule has 5 atom stereocenters. The Balaban J connectivity index is 1.34. The number of carboxylic acids is 1. The van der Waals surface area contributed by atoms with Crippen LogP contribution in [0.4, 0.5) is 0 Å². The maximum absolute atomic E-state index is 12.2. The normalized spacial score (nSPS) is 32.6. The van der Waals surface area contributed by atoms with Crippen molar-refractivity contribution in [2.45, 2.75) is 70.3 Å². The van der Waals surface area contributed by atoms with Crippen LogP contribution in [-0.2, 0) is 4.79 Å². The van der Waals surface area contributed by atoms with E-state index in [2.05, 4.69) is 37.3 Å². The van der Waals surface area contributed by atoms with Crippen molar-refractivity contribution in [1.82, 2.24) is 0 Å². The van der Waals surface area contributed by atoms with E-state index in [0.717, 1.165) is 49.7 Å². The molecule has 3 unspecified atom stereocenters. The number of hydrogen-bond acceptors (Lipinski definition) is 3. The van der Waals surface area contributed by atoms with E-state index < -0.39 is 11.6 Å². The average molecular weight is 509 g/mol. The summed E-state index contributed by atoms with van der Waals surface area (Å²) in [7, 11) is 0. The monoisotopic (exact) mass is 508 g/mol. The number of aliphatic hydroxyl groups is 1. The lowest BCUT2D eigenvalue weighted by atomic mass is 9.51. The van der Waals surface area contributed by atoms with Crippen LogP contribution in [0.5, 0.6) is 0 Å². The van der Waals surface area contributed by atoms with E-state index in [-0.39, 0.29) is 22.7 Å². The topological polar surface area (TPSA) is 74.6 Å². The van der Waals surface area contributed by atoms with Crippen LogP contribution >= 0.6 is 0 Å². The third-order valence-electron chi connectivity index (χ3n) is 10.3. The van der Waals surface area contributed by atoms with Gasteiger partial charge in [0.1, 0.15) is 0 Å². The molecule has 0 spiro atoms. The lowest BCUT2D eigenvalue weighted by molar-refractivity contribution is -0.114. The molecule has 2 aromatic rings. The quantitative estimate of drug-likeness (QED) is 0.428. The molecule has 0 aliphatic heterocycles. The molecule has 38 heavy (non-hydrogen) atoms. The second-order valence-corrected chi connectivity index (χ2v) is 12.2. The van der Waals surface area contributed by atoms with Crippen molar-refractivity contribution < 1.29 is 19.8 Å². The maximum atomic E-state index is 12.2. The molecule has 4 heteroatoms. The highest BCUT2D eigenvalue weighted by Crippen LogP contribution is 2.66. The minimum absolute atomic E-state index is 0.126. The number of carbonyl (C=O) groups is 2. The van der Waals surface area contributed by atoms with Gasteiger partial charge in [0, 0.05) is 17.8 Å². The average Bonchev–Trinajstić information content (AvgIpc) is 3.15. The van der Waals surface area contributed by atoms with Crippen molar-refractivity contribution in [2.24, 2.45) is 17.3 Å². The Morgan fingerprint density at radius 2 is 1.58 bits per heavy atom. The highest BCUT2D eigenvalue weighted by atomic mass is 16.4. The molecule has 2 aromatic carbocycles. The smallest absolute Gasteiger partial charge is 0.335 e. The van der Waals surface area contributed by atoms with Crippen LogP contribution in [0.2, 0.25) is 0 Å². The first-order chi connectivity index (χ1) is 18.2. The molecule has 4 aliphatic carbocycles. The van der Waals surface area contributed by atoms with Crippen LogP contribution in [0.25, 0.3) is 12.2 Å². The van der Waals surface area contributed by atoms with Gasteiger partial charge in [-0.1, -0.05) is 61.0 Å². The fourth-order valence-electron chi connectivity index (χ4n) is 7.95. The lowest BCUT2D eigenvalue weighted by Crippen LogP contribution is -2.50. The van der Waals surface area contributed by atoms with Crippen molar-refractivity contribution in [2.75, 3.05) is 0 Å². The van der Waals surface area contributed by atoms with Gasteiger partial charge in [0.05, 0.1) is 11.2 Å². The molecule has 0 amide bonds. The van der Waals surface area contributed by atoms with Crippen molar-refractivity contribution in [3.63, 3.8) is 0 Å². The van der Waals surface area contributed by atoms with Gasteiger partial charge in [-0.2, -0.15) is 0 Å². The van der Waals surface area contributed by atoms with E-state index in [1.54, 1.807) is 17.7 Å². The molecule has 0 bridgehead atoms. The predicted octanol–water partition coefficient (Wildman–Crippen LogP) is 7.21. The summed E-state index contributed by atoms with van der Waals surface area (Å²) in [6.07, 6.45) is 12.4. The van der Waals surface area contributed by atoms with Gasteiger partial charge >= 0.3 is 5.97 Å². The Kier molecular flexibility index (Phi) is 6.07. The summed E-state index contributed by atoms with van der Waals surface area (Å²) in [6.45, 7) is 4.37. The minimum atomic E-state index is -0.920. The van der Waals surface area contributed by atoms with E-state index in [1.807, 2.05) is 31.2 Å². The van der Waals surface area contributed by atoms with E-state index >= 15 is 0 Å². The number of allylic oxidation sites excluding steroid dienone is 4. The fraction of sp³-hybridized carbons (Fsp3) is 0.412. The van der Waals surface area contributed by atoms with Gasteiger partial charge in [0.15, 0.2) is 5.78 Å². The molecule has 0 radical (unpaired) electrons. The van der Waals surface area contributed by atoms with Gasteiger partial charge in [0.25, 0.3) is 0 Å². The van der Waals surface area contributed by atoms with Gasteiger partial charge in [-0.25, -0.2) is 4.79 Å². The van der Waals surface area contributed by atoms with Gasteiger partial charge in [-0.05, 0) is 103 Å². The van der Waals surface area contributed by atoms with Gasteiger partial charge in [-0.15, -0.1) is 0 Å². The fourth-order valence-corrected chi connectivity index (χ4v) is 7.95. The number of carbonyl (C=O) groups excluding carboxylic acids is 1. The van der Waals surface area contributed by atoms with Crippen molar-refractivity contribution in [3.05, 3.63) is 93.6 Å². The first kappa shape index (κ1) is 25.1. The Morgan fingerprint density at radius 3 is 2.24 bits per heavy atom. The largest absolute Gasteiger partial charge is 0.478 e. The molecular weight excluding hydrogens is 472 g/mol. The Morgan fingerprint density at radius 1 is 0.921 bits per heavy atom. The molecule has 6 rings (SSSR count). The van der Waals surface area contributed by atoms with Crippen molar-refractivity contribution in [3.8, 4) is 0 Å². The summed E-state index contributed by atoms with van der Waals surface area (Å²) in [5, 5.41) is 20.6. The van der Waals surface area contributed by atoms with Crippen LogP contribution < -0.4 is 0 Å². The number of benzene rings is 2. The van der Waals surface area contributed by atoms with Crippen molar-refractivity contribution in [1.29, 1.82) is 0 Å².